The third-order valence-corrected chi connectivity index (χ3v) is 2.76. The monoisotopic (exact) mass is 285 g/mol. The van der Waals surface area contributed by atoms with Crippen molar-refractivity contribution in [3.63, 3.8) is 0 Å². The second-order valence-corrected chi connectivity index (χ2v) is 4.22. The molecule has 1 unspecified atom stereocenters. The lowest BCUT2D eigenvalue weighted by Crippen LogP contribution is -2.31. The molecule has 7 heteroatoms. The Hall–Kier alpha value is -2.15. The van der Waals surface area contributed by atoms with Crippen LogP contribution in [0.4, 0.5) is 4.39 Å². The average molecular weight is 285 g/mol. The van der Waals surface area contributed by atoms with Crippen molar-refractivity contribution in [1.82, 2.24) is 0 Å². The number of carbonyl (C=O) groups excluding carboxylic acids is 1. The molecule has 0 aliphatic carbocycles. The fraction of sp³-hybridized carbons (Fsp3) is 0.385. The molecule has 20 heavy (non-hydrogen) atoms. The zero-order valence-corrected chi connectivity index (χ0v) is 11.1. The number of alkyl halides is 1. The lowest BCUT2D eigenvalue weighted by atomic mass is 9.97. The van der Waals surface area contributed by atoms with Gasteiger partial charge in [-0.3, -0.25) is 0 Å². The highest BCUT2D eigenvalue weighted by molar-refractivity contribution is 5.88. The van der Waals surface area contributed by atoms with Crippen LogP contribution in [0, 0.1) is 6.92 Å². The van der Waals surface area contributed by atoms with Crippen LogP contribution in [0.2, 0.25) is 0 Å². The van der Waals surface area contributed by atoms with Crippen molar-refractivity contribution in [2.45, 2.75) is 26.1 Å². The molecule has 0 saturated carbocycles. The van der Waals surface area contributed by atoms with Gasteiger partial charge in [0.1, 0.15) is 5.75 Å². The Labute approximate surface area is 115 Å². The van der Waals surface area contributed by atoms with Crippen LogP contribution in [-0.2, 0) is 9.53 Å². The van der Waals surface area contributed by atoms with Crippen molar-refractivity contribution in [2.75, 3.05) is 6.61 Å². The molecule has 1 aromatic rings. The summed E-state index contributed by atoms with van der Waals surface area (Å²) in [7, 11) is 0. The van der Waals surface area contributed by atoms with Crippen LogP contribution in [0.3, 0.4) is 0 Å². The van der Waals surface area contributed by atoms with Gasteiger partial charge in [0, 0.05) is 5.56 Å². The summed E-state index contributed by atoms with van der Waals surface area (Å²) in [4.78, 5) is 22.2. The van der Waals surface area contributed by atoms with Gasteiger partial charge < -0.3 is 20.7 Å². The molecule has 0 aliphatic rings. The summed E-state index contributed by atoms with van der Waals surface area (Å²) < 4.78 is 18.4. The number of carboxylic acid groups (broad SMARTS) is 1. The smallest absolute Gasteiger partial charge is 0.342 e. The number of nitrogens with two attached hydrogens (primary N) is 1. The standard InChI is InChI=1S/C13H16FNO5/c1-3-20-13(19)9(14)10(15)8-5-7(12(17)18)4-6(2)11(8)16/h4-5,9-10,16H,3,15H2,1-2H3,(H,17,18)/t9?,10-/m0/s1. The van der Waals surface area contributed by atoms with Gasteiger partial charge in [0.25, 0.3) is 0 Å². The predicted octanol–water partition coefficient (Wildman–Crippen LogP) is 1.30. The maximum atomic E-state index is 13.8. The molecule has 0 amide bonds. The van der Waals surface area contributed by atoms with Crippen molar-refractivity contribution in [3.8, 4) is 5.75 Å². The Balaban J connectivity index is 3.17. The fourth-order valence-electron chi connectivity index (χ4n) is 1.71. The van der Waals surface area contributed by atoms with Gasteiger partial charge >= 0.3 is 11.9 Å². The van der Waals surface area contributed by atoms with E-state index >= 15 is 0 Å². The molecule has 110 valence electrons. The second-order valence-electron chi connectivity index (χ2n) is 4.22. The van der Waals surface area contributed by atoms with Crippen molar-refractivity contribution in [1.29, 1.82) is 0 Å². The largest absolute Gasteiger partial charge is 0.507 e. The van der Waals surface area contributed by atoms with E-state index in [0.29, 0.717) is 0 Å². The molecule has 1 aromatic carbocycles. The van der Waals surface area contributed by atoms with Gasteiger partial charge in [0.05, 0.1) is 18.2 Å². The minimum atomic E-state index is -2.19. The van der Waals surface area contributed by atoms with Crippen molar-refractivity contribution in [2.24, 2.45) is 5.73 Å². The van der Waals surface area contributed by atoms with Crippen molar-refractivity contribution in [3.05, 3.63) is 28.8 Å². The lowest BCUT2D eigenvalue weighted by molar-refractivity contribution is -0.149. The molecule has 0 aliphatic heterocycles. The number of carbonyl (C=O) groups is 2. The number of carboxylic acids is 1. The minimum Gasteiger partial charge on any atom is -0.507 e. The van der Waals surface area contributed by atoms with Crippen molar-refractivity contribution >= 4 is 11.9 Å². The van der Waals surface area contributed by atoms with E-state index in [1.165, 1.54) is 19.9 Å². The van der Waals surface area contributed by atoms with E-state index in [-0.39, 0.29) is 29.0 Å². The number of aryl methyl sites for hydroxylation is 1. The van der Waals surface area contributed by atoms with Crippen LogP contribution in [0.25, 0.3) is 0 Å². The van der Waals surface area contributed by atoms with E-state index < -0.39 is 24.2 Å². The number of aromatic hydroxyl groups is 1. The number of hydrogen-bond donors (Lipinski definition) is 3. The highest BCUT2D eigenvalue weighted by Gasteiger charge is 2.30. The van der Waals surface area contributed by atoms with E-state index in [1.807, 2.05) is 0 Å². The topological polar surface area (TPSA) is 110 Å². The molecule has 0 fully saturated rings. The number of halogens is 1. The van der Waals surface area contributed by atoms with Gasteiger partial charge in [-0.1, -0.05) is 0 Å². The summed E-state index contributed by atoms with van der Waals surface area (Å²) in [5.41, 5.74) is 5.51. The first-order valence-electron chi connectivity index (χ1n) is 5.92. The zero-order chi connectivity index (χ0) is 15.4. The number of ether oxygens (including phenoxy) is 1. The molecular weight excluding hydrogens is 269 g/mol. The molecule has 0 radical (unpaired) electrons. The highest BCUT2D eigenvalue weighted by Crippen LogP contribution is 2.31. The lowest BCUT2D eigenvalue weighted by Gasteiger charge is -2.18. The van der Waals surface area contributed by atoms with E-state index in [4.69, 9.17) is 10.8 Å². The fourth-order valence-corrected chi connectivity index (χ4v) is 1.71. The number of hydrogen-bond acceptors (Lipinski definition) is 5. The van der Waals surface area contributed by atoms with Gasteiger partial charge in [0.15, 0.2) is 0 Å². The Morgan fingerprint density at radius 3 is 2.55 bits per heavy atom. The Morgan fingerprint density at radius 1 is 1.45 bits per heavy atom. The number of aromatic carboxylic acids is 1. The Bertz CT molecular complexity index is 532. The van der Waals surface area contributed by atoms with E-state index in [0.717, 1.165) is 6.07 Å². The molecule has 6 nitrogen and oxygen atoms in total. The first kappa shape index (κ1) is 15.9. The van der Waals surface area contributed by atoms with Crippen LogP contribution in [0.15, 0.2) is 12.1 Å². The number of phenolic OH excluding ortho intramolecular Hbond substituents is 1. The molecule has 2 atom stereocenters. The molecule has 1 rings (SSSR count). The maximum absolute atomic E-state index is 13.8. The van der Waals surface area contributed by atoms with E-state index in [2.05, 4.69) is 4.74 Å². The van der Waals surface area contributed by atoms with E-state index in [1.54, 1.807) is 0 Å². The quantitative estimate of drug-likeness (QED) is 0.703. The first-order valence-corrected chi connectivity index (χ1v) is 5.92. The second kappa shape index (κ2) is 6.33. The third kappa shape index (κ3) is 3.24. The predicted molar refractivity (Wildman–Crippen MR) is 68.3 cm³/mol. The summed E-state index contributed by atoms with van der Waals surface area (Å²) in [5.74, 6) is -2.74. The van der Waals surface area contributed by atoms with Crippen LogP contribution in [0.1, 0.15) is 34.5 Å². The van der Waals surface area contributed by atoms with Crippen LogP contribution in [0.5, 0.6) is 5.75 Å². The highest BCUT2D eigenvalue weighted by atomic mass is 19.1. The average Bonchev–Trinajstić information content (AvgIpc) is 2.40. The molecule has 0 spiro atoms. The maximum Gasteiger partial charge on any atom is 0.342 e. The molecule has 0 heterocycles. The van der Waals surface area contributed by atoms with Crippen LogP contribution < -0.4 is 5.73 Å². The molecule has 0 saturated heterocycles. The minimum absolute atomic E-state index is 0.00779. The van der Waals surface area contributed by atoms with Gasteiger partial charge in [-0.05, 0) is 31.5 Å². The summed E-state index contributed by atoms with van der Waals surface area (Å²) in [5, 5.41) is 18.8. The molecule has 4 N–H and O–H groups in total. The molecule has 0 bridgehead atoms. The molecular formula is C13H16FNO5. The number of phenols is 1. The first-order chi connectivity index (χ1) is 9.29. The van der Waals surface area contributed by atoms with Crippen LogP contribution in [-0.4, -0.2) is 34.9 Å². The van der Waals surface area contributed by atoms with Gasteiger partial charge in [-0.2, -0.15) is 0 Å². The molecule has 0 aromatic heterocycles. The summed E-state index contributed by atoms with van der Waals surface area (Å²) in [6.07, 6.45) is -2.19. The number of esters is 1. The van der Waals surface area contributed by atoms with Gasteiger partial charge in [-0.25, -0.2) is 14.0 Å². The summed E-state index contributed by atoms with van der Waals surface area (Å²) >= 11 is 0. The number of rotatable bonds is 5. The Kier molecular flexibility index (Phi) is 5.04. The summed E-state index contributed by atoms with van der Waals surface area (Å²) in [6, 6.07) is 0.763. The zero-order valence-electron chi connectivity index (χ0n) is 11.1. The normalized spacial score (nSPS) is 13.6. The summed E-state index contributed by atoms with van der Waals surface area (Å²) in [6.45, 7) is 2.96. The number of benzene rings is 1. The van der Waals surface area contributed by atoms with E-state index in [9.17, 15) is 19.1 Å². The SMILES string of the molecule is CCOC(=O)C(F)[C@@H](N)c1cc(C(=O)O)cc(C)c1O. The Morgan fingerprint density at radius 2 is 2.05 bits per heavy atom. The van der Waals surface area contributed by atoms with Gasteiger partial charge in [-0.15, -0.1) is 0 Å². The van der Waals surface area contributed by atoms with Gasteiger partial charge in [0.2, 0.25) is 6.17 Å². The van der Waals surface area contributed by atoms with Crippen molar-refractivity contribution < 1.29 is 28.9 Å². The third-order valence-electron chi connectivity index (χ3n) is 2.76. The van der Waals surface area contributed by atoms with Crippen LogP contribution >= 0.6 is 0 Å².